The molecule has 3 rings (SSSR count). The highest BCUT2D eigenvalue weighted by Gasteiger charge is 2.46. The summed E-state index contributed by atoms with van der Waals surface area (Å²) in [7, 11) is 0. The lowest BCUT2D eigenvalue weighted by Crippen LogP contribution is -2.36. The zero-order valence-electron chi connectivity index (χ0n) is 11.5. The van der Waals surface area contributed by atoms with E-state index in [1.54, 1.807) is 0 Å². The highest BCUT2D eigenvalue weighted by atomic mass is 16.5. The fourth-order valence-electron chi connectivity index (χ4n) is 2.55. The molecule has 1 unspecified atom stereocenters. The van der Waals surface area contributed by atoms with Gasteiger partial charge in [-0.25, -0.2) is 4.99 Å². The van der Waals surface area contributed by atoms with Crippen LogP contribution in [0.1, 0.15) is 38.3 Å². The Hall–Kier alpha value is -1.71. The molecule has 0 spiro atoms. The maximum Gasteiger partial charge on any atom is 0.189 e. The molecule has 1 aliphatic carbocycles. The number of para-hydroxylation sites is 1. The van der Waals surface area contributed by atoms with Gasteiger partial charge in [0, 0.05) is 18.0 Å². The Balaban J connectivity index is 1.73. The van der Waals surface area contributed by atoms with Crippen molar-refractivity contribution >= 4 is 5.96 Å². The van der Waals surface area contributed by atoms with Crippen LogP contribution < -0.4 is 15.8 Å². The van der Waals surface area contributed by atoms with Crippen molar-refractivity contribution in [3.8, 4) is 5.75 Å². The van der Waals surface area contributed by atoms with Gasteiger partial charge in [0.1, 0.15) is 5.75 Å². The number of benzene rings is 1. The van der Waals surface area contributed by atoms with Gasteiger partial charge >= 0.3 is 0 Å². The predicted molar refractivity (Wildman–Crippen MR) is 76.2 cm³/mol. The fourth-order valence-corrected chi connectivity index (χ4v) is 2.55. The summed E-state index contributed by atoms with van der Waals surface area (Å²) in [6.07, 6.45) is 2.04. The quantitative estimate of drug-likeness (QED) is 0.632. The molecular formula is C15H21N3O. The third kappa shape index (κ3) is 2.53. The van der Waals surface area contributed by atoms with Crippen LogP contribution in [0.3, 0.4) is 0 Å². The number of fused-ring (bicyclic) bond motifs is 1. The summed E-state index contributed by atoms with van der Waals surface area (Å²) in [5, 5.41) is 3.31. The van der Waals surface area contributed by atoms with E-state index in [4.69, 9.17) is 10.5 Å². The maximum atomic E-state index is 6.02. The van der Waals surface area contributed by atoms with Crippen molar-refractivity contribution in [2.75, 3.05) is 6.61 Å². The smallest absolute Gasteiger partial charge is 0.189 e. The van der Waals surface area contributed by atoms with E-state index in [1.165, 1.54) is 0 Å². The molecule has 1 fully saturated rings. The van der Waals surface area contributed by atoms with E-state index in [2.05, 4.69) is 30.2 Å². The Kier molecular flexibility index (Phi) is 2.88. The molecule has 19 heavy (non-hydrogen) atoms. The lowest BCUT2D eigenvalue weighted by atomic mass is 10.0. The van der Waals surface area contributed by atoms with Crippen LogP contribution in [-0.4, -0.2) is 18.6 Å². The first-order chi connectivity index (χ1) is 9.06. The molecule has 2 aliphatic rings. The Morgan fingerprint density at radius 3 is 2.89 bits per heavy atom. The fraction of sp³-hybridized carbons (Fsp3) is 0.533. The van der Waals surface area contributed by atoms with Gasteiger partial charge in [-0.2, -0.15) is 0 Å². The van der Waals surface area contributed by atoms with E-state index >= 15 is 0 Å². The van der Waals surface area contributed by atoms with E-state index in [9.17, 15) is 0 Å². The minimum atomic E-state index is 0.110. The van der Waals surface area contributed by atoms with Crippen molar-refractivity contribution in [1.29, 1.82) is 0 Å². The number of rotatable bonds is 2. The first-order valence-corrected chi connectivity index (χ1v) is 6.88. The predicted octanol–water partition coefficient (Wildman–Crippen LogP) is 2.21. The minimum absolute atomic E-state index is 0.110. The van der Waals surface area contributed by atoms with Gasteiger partial charge in [0.2, 0.25) is 0 Å². The van der Waals surface area contributed by atoms with Crippen LogP contribution in [0, 0.1) is 5.41 Å². The summed E-state index contributed by atoms with van der Waals surface area (Å²) < 4.78 is 5.63. The lowest BCUT2D eigenvalue weighted by molar-refractivity contribution is 0.269. The van der Waals surface area contributed by atoms with Crippen LogP contribution in [-0.2, 0) is 0 Å². The van der Waals surface area contributed by atoms with E-state index < -0.39 is 0 Å². The number of nitrogens with zero attached hydrogens (tertiary/aromatic N) is 1. The van der Waals surface area contributed by atoms with Gasteiger partial charge in [-0.05, 0) is 17.9 Å². The lowest BCUT2D eigenvalue weighted by Gasteiger charge is -2.23. The van der Waals surface area contributed by atoms with E-state index in [0.717, 1.165) is 24.2 Å². The Morgan fingerprint density at radius 2 is 2.16 bits per heavy atom. The number of nitrogens with one attached hydrogen (secondary N) is 1. The zero-order chi connectivity index (χ0) is 13.5. The van der Waals surface area contributed by atoms with Gasteiger partial charge in [0.15, 0.2) is 5.96 Å². The van der Waals surface area contributed by atoms with E-state index in [0.29, 0.717) is 24.0 Å². The summed E-state index contributed by atoms with van der Waals surface area (Å²) >= 11 is 0. The van der Waals surface area contributed by atoms with Crippen molar-refractivity contribution in [3.05, 3.63) is 29.8 Å². The normalized spacial score (nSPS) is 28.2. The average Bonchev–Trinajstić information content (AvgIpc) is 2.96. The standard InChI is InChI=1S/C15H21N3O/c1-15(2)9-13(15)18-14(16)17-11-7-8-19-12-6-4-3-5-10(11)12/h3-6,11,13H,7-9H2,1-2H3,(H3,16,17,18)/t11?,13-/m0/s1. The Labute approximate surface area is 114 Å². The number of guanidine groups is 1. The number of nitrogens with two attached hydrogens (primary N) is 1. The molecule has 1 aromatic carbocycles. The average molecular weight is 259 g/mol. The molecule has 102 valence electrons. The molecule has 0 saturated heterocycles. The van der Waals surface area contributed by atoms with Crippen LogP contribution in [0.4, 0.5) is 0 Å². The molecule has 1 heterocycles. The maximum absolute atomic E-state index is 6.02. The summed E-state index contributed by atoms with van der Waals surface area (Å²) in [6, 6.07) is 8.63. The number of ether oxygens (including phenoxy) is 1. The molecule has 0 bridgehead atoms. The molecule has 1 aromatic rings. The van der Waals surface area contributed by atoms with Crippen molar-refractivity contribution in [2.45, 2.75) is 38.8 Å². The summed E-state index contributed by atoms with van der Waals surface area (Å²) in [5.41, 5.74) is 7.51. The van der Waals surface area contributed by atoms with Gasteiger partial charge in [0.25, 0.3) is 0 Å². The van der Waals surface area contributed by atoms with Gasteiger partial charge in [-0.15, -0.1) is 0 Å². The first-order valence-electron chi connectivity index (χ1n) is 6.88. The third-order valence-corrected chi connectivity index (χ3v) is 4.06. The first kappa shape index (κ1) is 12.3. The number of hydrogen-bond donors (Lipinski definition) is 2. The van der Waals surface area contributed by atoms with E-state index in [-0.39, 0.29) is 6.04 Å². The topological polar surface area (TPSA) is 59.6 Å². The summed E-state index contributed by atoms with van der Waals surface area (Å²) in [6.45, 7) is 5.18. The summed E-state index contributed by atoms with van der Waals surface area (Å²) in [4.78, 5) is 4.63. The molecule has 0 amide bonds. The van der Waals surface area contributed by atoms with Crippen molar-refractivity contribution < 1.29 is 4.74 Å². The van der Waals surface area contributed by atoms with E-state index in [1.807, 2.05) is 18.2 Å². The van der Waals surface area contributed by atoms with Gasteiger partial charge in [-0.1, -0.05) is 32.0 Å². The van der Waals surface area contributed by atoms with Crippen molar-refractivity contribution in [2.24, 2.45) is 16.1 Å². The summed E-state index contributed by atoms with van der Waals surface area (Å²) in [5.74, 6) is 1.49. The third-order valence-electron chi connectivity index (χ3n) is 4.06. The van der Waals surface area contributed by atoms with Gasteiger partial charge < -0.3 is 15.8 Å². The SMILES string of the molecule is CC1(C)C[C@@H]1NC(N)=NC1CCOc2ccccc21. The minimum Gasteiger partial charge on any atom is -0.493 e. The molecule has 4 nitrogen and oxygen atoms in total. The van der Waals surface area contributed by atoms with Crippen molar-refractivity contribution in [3.63, 3.8) is 0 Å². The highest BCUT2D eigenvalue weighted by molar-refractivity contribution is 5.79. The van der Waals surface area contributed by atoms with Gasteiger partial charge in [0.05, 0.1) is 12.6 Å². The second-order valence-corrected chi connectivity index (χ2v) is 6.09. The molecular weight excluding hydrogens is 238 g/mol. The monoisotopic (exact) mass is 259 g/mol. The molecule has 1 saturated carbocycles. The molecule has 0 aromatic heterocycles. The second kappa shape index (κ2) is 4.44. The highest BCUT2D eigenvalue weighted by Crippen LogP contribution is 2.44. The zero-order valence-corrected chi connectivity index (χ0v) is 11.5. The van der Waals surface area contributed by atoms with Crippen LogP contribution in [0.2, 0.25) is 0 Å². The van der Waals surface area contributed by atoms with Crippen LogP contribution >= 0.6 is 0 Å². The Morgan fingerprint density at radius 1 is 1.42 bits per heavy atom. The van der Waals surface area contributed by atoms with Crippen LogP contribution in [0.25, 0.3) is 0 Å². The number of aliphatic imine (C=N–C) groups is 1. The molecule has 0 radical (unpaired) electrons. The van der Waals surface area contributed by atoms with Crippen LogP contribution in [0.15, 0.2) is 29.3 Å². The second-order valence-electron chi connectivity index (χ2n) is 6.09. The van der Waals surface area contributed by atoms with Crippen molar-refractivity contribution in [1.82, 2.24) is 5.32 Å². The largest absolute Gasteiger partial charge is 0.493 e. The molecule has 4 heteroatoms. The van der Waals surface area contributed by atoms with Crippen LogP contribution in [0.5, 0.6) is 5.75 Å². The molecule has 1 aliphatic heterocycles. The van der Waals surface area contributed by atoms with Gasteiger partial charge in [-0.3, -0.25) is 0 Å². The molecule has 3 N–H and O–H groups in total. The molecule has 2 atom stereocenters. The number of hydrogen-bond acceptors (Lipinski definition) is 2. The Bertz CT molecular complexity index is 510.